The molecule has 0 spiro atoms. The van der Waals surface area contributed by atoms with E-state index >= 15 is 0 Å². The zero-order chi connectivity index (χ0) is 15.5. The van der Waals surface area contributed by atoms with Gasteiger partial charge in [0.05, 0.1) is 6.61 Å². The third-order valence-corrected chi connectivity index (χ3v) is 4.37. The van der Waals surface area contributed by atoms with Crippen LogP contribution in [-0.2, 0) is 16.4 Å². The van der Waals surface area contributed by atoms with Gasteiger partial charge in [-0.05, 0) is 30.2 Å². The van der Waals surface area contributed by atoms with Crippen LogP contribution in [0.2, 0.25) is 0 Å². The van der Waals surface area contributed by atoms with Gasteiger partial charge in [-0.3, -0.25) is 0 Å². The Morgan fingerprint density at radius 3 is 2.48 bits per heavy atom. The Labute approximate surface area is 133 Å². The fraction of sp³-hybridized carbons (Fsp3) is 0.200. The average Bonchev–Trinajstić information content (AvgIpc) is 2.41. The first-order valence-corrected chi connectivity index (χ1v) is 8.71. The molecule has 0 saturated heterocycles. The molecule has 0 fully saturated rings. The highest BCUT2D eigenvalue weighted by Gasteiger charge is 2.18. The normalized spacial score (nSPS) is 11.4. The van der Waals surface area contributed by atoms with E-state index in [9.17, 15) is 8.42 Å². The van der Waals surface area contributed by atoms with Gasteiger partial charge < -0.3 is 4.74 Å². The van der Waals surface area contributed by atoms with E-state index in [1.165, 1.54) is 6.07 Å². The van der Waals surface area contributed by atoms with Crippen molar-refractivity contribution in [1.29, 1.82) is 0 Å². The Kier molecular flexibility index (Phi) is 5.03. The van der Waals surface area contributed by atoms with Crippen LogP contribution in [0, 0.1) is 6.92 Å². The second kappa shape index (κ2) is 6.60. The highest BCUT2D eigenvalue weighted by Crippen LogP contribution is 2.31. The summed E-state index contributed by atoms with van der Waals surface area (Å²) >= 11 is 3.27. The molecule has 0 saturated carbocycles. The summed E-state index contributed by atoms with van der Waals surface area (Å²) in [6.07, 6.45) is 0.695. The summed E-state index contributed by atoms with van der Waals surface area (Å²) < 4.78 is 29.7. The van der Waals surface area contributed by atoms with Crippen LogP contribution in [0.3, 0.4) is 0 Å². The fourth-order valence-corrected chi connectivity index (χ4v) is 3.50. The van der Waals surface area contributed by atoms with Crippen LogP contribution in [-0.4, -0.2) is 15.0 Å². The first kappa shape index (κ1) is 16.0. The molecule has 2 rings (SSSR count). The maximum absolute atomic E-state index is 11.7. The monoisotopic (exact) mass is 369 g/mol. The Hall–Kier alpha value is -1.37. The van der Waals surface area contributed by atoms with E-state index in [2.05, 4.69) is 15.9 Å². The van der Waals surface area contributed by atoms with Gasteiger partial charge in [0, 0.05) is 10.9 Å². The summed E-state index contributed by atoms with van der Waals surface area (Å²) in [6, 6.07) is 13.1. The Morgan fingerprint density at radius 1 is 1.19 bits per heavy atom. The molecular weight excluding hydrogens is 354 g/mol. The molecule has 0 radical (unpaired) electrons. The van der Waals surface area contributed by atoms with Crippen LogP contribution in [0.25, 0.3) is 0 Å². The van der Waals surface area contributed by atoms with Crippen molar-refractivity contribution < 1.29 is 13.2 Å². The van der Waals surface area contributed by atoms with E-state index in [1.807, 2.05) is 30.3 Å². The van der Waals surface area contributed by atoms with Crippen LogP contribution >= 0.6 is 15.9 Å². The zero-order valence-electron chi connectivity index (χ0n) is 11.5. The molecule has 0 amide bonds. The van der Waals surface area contributed by atoms with Crippen molar-refractivity contribution in [2.75, 3.05) is 6.61 Å². The highest BCUT2D eigenvalue weighted by molar-refractivity contribution is 9.10. The van der Waals surface area contributed by atoms with Crippen LogP contribution < -0.4 is 9.88 Å². The van der Waals surface area contributed by atoms with E-state index in [-0.39, 0.29) is 4.90 Å². The van der Waals surface area contributed by atoms with Crippen molar-refractivity contribution >= 4 is 26.0 Å². The number of halogens is 1. The minimum absolute atomic E-state index is 0.00226. The molecule has 2 aromatic rings. The standard InChI is InChI=1S/C15H16BrNO3S/c1-11-9-13(16)10-14(21(17,18)19)15(11)20-8-7-12-5-3-2-4-6-12/h2-6,9-10H,7-8H2,1H3,(H2,17,18,19). The maximum Gasteiger partial charge on any atom is 0.241 e. The van der Waals surface area contributed by atoms with Crippen LogP contribution in [0.1, 0.15) is 11.1 Å². The van der Waals surface area contributed by atoms with Crippen molar-refractivity contribution in [2.24, 2.45) is 5.14 Å². The molecule has 4 nitrogen and oxygen atoms in total. The first-order chi connectivity index (χ1) is 9.88. The molecule has 0 heterocycles. The van der Waals surface area contributed by atoms with Crippen molar-refractivity contribution in [3.05, 3.63) is 58.1 Å². The largest absolute Gasteiger partial charge is 0.492 e. The molecule has 112 valence electrons. The van der Waals surface area contributed by atoms with Gasteiger partial charge in [0.15, 0.2) is 0 Å². The van der Waals surface area contributed by atoms with Gasteiger partial charge in [-0.2, -0.15) is 0 Å². The molecule has 0 aliphatic heterocycles. The van der Waals surface area contributed by atoms with Crippen molar-refractivity contribution in [3.8, 4) is 5.75 Å². The van der Waals surface area contributed by atoms with E-state index in [0.717, 1.165) is 11.1 Å². The molecule has 0 atom stereocenters. The topological polar surface area (TPSA) is 69.4 Å². The predicted octanol–water partition coefficient (Wildman–Crippen LogP) is 3.03. The Bertz CT molecular complexity index is 730. The number of aryl methyl sites for hydroxylation is 1. The lowest BCUT2D eigenvalue weighted by Crippen LogP contribution is -2.15. The van der Waals surface area contributed by atoms with E-state index in [4.69, 9.17) is 9.88 Å². The SMILES string of the molecule is Cc1cc(Br)cc(S(N)(=O)=O)c1OCCc1ccccc1. The molecule has 0 aliphatic carbocycles. The number of rotatable bonds is 5. The third-order valence-electron chi connectivity index (χ3n) is 2.99. The molecule has 2 aromatic carbocycles. The van der Waals surface area contributed by atoms with Gasteiger partial charge in [-0.1, -0.05) is 46.3 Å². The molecule has 0 aromatic heterocycles. The highest BCUT2D eigenvalue weighted by atomic mass is 79.9. The zero-order valence-corrected chi connectivity index (χ0v) is 13.9. The van der Waals surface area contributed by atoms with Gasteiger partial charge in [-0.15, -0.1) is 0 Å². The quantitative estimate of drug-likeness (QED) is 0.880. The molecule has 21 heavy (non-hydrogen) atoms. The Balaban J connectivity index is 2.20. The van der Waals surface area contributed by atoms with Gasteiger partial charge in [0.25, 0.3) is 0 Å². The average molecular weight is 370 g/mol. The van der Waals surface area contributed by atoms with Gasteiger partial charge in [-0.25, -0.2) is 13.6 Å². The number of nitrogens with two attached hydrogens (primary N) is 1. The van der Waals surface area contributed by atoms with E-state index in [0.29, 0.717) is 23.2 Å². The molecule has 2 N–H and O–H groups in total. The molecular formula is C15H16BrNO3S. The van der Waals surface area contributed by atoms with Crippen molar-refractivity contribution in [3.63, 3.8) is 0 Å². The van der Waals surface area contributed by atoms with Gasteiger partial charge >= 0.3 is 0 Å². The van der Waals surface area contributed by atoms with E-state index < -0.39 is 10.0 Å². The maximum atomic E-state index is 11.7. The number of hydrogen-bond donors (Lipinski definition) is 1. The summed E-state index contributed by atoms with van der Waals surface area (Å²) in [4.78, 5) is 0.00226. The summed E-state index contributed by atoms with van der Waals surface area (Å²) in [5, 5.41) is 5.25. The first-order valence-electron chi connectivity index (χ1n) is 6.37. The predicted molar refractivity (Wildman–Crippen MR) is 85.9 cm³/mol. The van der Waals surface area contributed by atoms with Gasteiger partial charge in [0.2, 0.25) is 10.0 Å². The lowest BCUT2D eigenvalue weighted by molar-refractivity contribution is 0.311. The second-order valence-corrected chi connectivity index (χ2v) is 7.12. The van der Waals surface area contributed by atoms with Crippen LogP contribution in [0.15, 0.2) is 51.8 Å². The molecule has 0 unspecified atom stereocenters. The molecule has 6 heteroatoms. The smallest absolute Gasteiger partial charge is 0.241 e. The van der Waals surface area contributed by atoms with Crippen LogP contribution in [0.4, 0.5) is 0 Å². The lowest BCUT2D eigenvalue weighted by Gasteiger charge is -2.13. The minimum Gasteiger partial charge on any atom is -0.492 e. The lowest BCUT2D eigenvalue weighted by atomic mass is 10.2. The number of hydrogen-bond acceptors (Lipinski definition) is 3. The number of sulfonamides is 1. The van der Waals surface area contributed by atoms with Crippen molar-refractivity contribution in [2.45, 2.75) is 18.2 Å². The number of primary sulfonamides is 1. The van der Waals surface area contributed by atoms with Crippen LogP contribution in [0.5, 0.6) is 5.75 Å². The number of ether oxygens (including phenoxy) is 1. The second-order valence-electron chi connectivity index (χ2n) is 4.68. The van der Waals surface area contributed by atoms with Gasteiger partial charge in [0.1, 0.15) is 10.6 Å². The molecule has 0 aliphatic rings. The third kappa shape index (κ3) is 4.30. The summed E-state index contributed by atoms with van der Waals surface area (Å²) in [5.74, 6) is 0.316. The summed E-state index contributed by atoms with van der Waals surface area (Å²) in [5.41, 5.74) is 1.85. The summed E-state index contributed by atoms with van der Waals surface area (Å²) in [7, 11) is -3.83. The number of benzene rings is 2. The van der Waals surface area contributed by atoms with E-state index in [1.54, 1.807) is 13.0 Å². The summed E-state index contributed by atoms with van der Waals surface area (Å²) in [6.45, 7) is 2.17. The minimum atomic E-state index is -3.83. The fourth-order valence-electron chi connectivity index (χ4n) is 2.01. The Morgan fingerprint density at radius 2 is 1.86 bits per heavy atom. The molecule has 0 bridgehead atoms. The van der Waals surface area contributed by atoms with Crippen molar-refractivity contribution in [1.82, 2.24) is 0 Å².